The predicted octanol–water partition coefficient (Wildman–Crippen LogP) is 0.107. The van der Waals surface area contributed by atoms with E-state index in [9.17, 15) is 14.7 Å². The van der Waals surface area contributed by atoms with E-state index in [0.29, 0.717) is 12.3 Å². The maximum atomic E-state index is 11.9. The molecular formula is C15H29ClN2O5. The standard InChI is InChI=1S/C15H28N2O5.ClH/c1-2-22-15(21)12(9-18)17-14(20)13(19)11(16)8-10-6-4-3-5-7-10;/h10-13,18-19H,2-9,16H2,1H3,(H,17,20);1H/t11-,12?,13?;/m1./s1. The highest BCUT2D eigenvalue weighted by molar-refractivity contribution is 5.87. The molecule has 1 amide bonds. The van der Waals surface area contributed by atoms with Gasteiger partial charge in [-0.15, -0.1) is 12.4 Å². The highest BCUT2D eigenvalue weighted by Gasteiger charge is 2.30. The normalized spacial score (nSPS) is 19.1. The van der Waals surface area contributed by atoms with Crippen LogP contribution in [0.25, 0.3) is 0 Å². The molecule has 136 valence electrons. The van der Waals surface area contributed by atoms with E-state index in [1.54, 1.807) is 6.92 Å². The van der Waals surface area contributed by atoms with E-state index >= 15 is 0 Å². The first-order chi connectivity index (χ1) is 10.5. The average molecular weight is 353 g/mol. The van der Waals surface area contributed by atoms with Gasteiger partial charge in [0.15, 0.2) is 6.04 Å². The van der Waals surface area contributed by atoms with Crippen molar-refractivity contribution in [2.75, 3.05) is 13.2 Å². The van der Waals surface area contributed by atoms with Gasteiger partial charge in [-0.1, -0.05) is 32.1 Å². The molecule has 1 rings (SSSR count). The van der Waals surface area contributed by atoms with Crippen LogP contribution in [0.2, 0.25) is 0 Å². The second-order valence-corrected chi connectivity index (χ2v) is 5.84. The first kappa shape index (κ1) is 22.1. The van der Waals surface area contributed by atoms with E-state index in [2.05, 4.69) is 5.32 Å². The molecule has 0 aliphatic heterocycles. The van der Waals surface area contributed by atoms with Crippen LogP contribution in [0.3, 0.4) is 0 Å². The van der Waals surface area contributed by atoms with Crippen LogP contribution in [0.5, 0.6) is 0 Å². The van der Waals surface area contributed by atoms with Gasteiger partial charge in [0, 0.05) is 6.04 Å². The molecule has 0 aromatic carbocycles. The molecule has 0 heterocycles. The number of nitrogens with one attached hydrogen (secondary N) is 1. The van der Waals surface area contributed by atoms with Crippen molar-refractivity contribution in [3.05, 3.63) is 0 Å². The fraction of sp³-hybridized carbons (Fsp3) is 0.867. The maximum absolute atomic E-state index is 11.9. The summed E-state index contributed by atoms with van der Waals surface area (Å²) < 4.78 is 4.73. The van der Waals surface area contributed by atoms with Crippen LogP contribution >= 0.6 is 12.4 Å². The lowest BCUT2D eigenvalue weighted by Gasteiger charge is -2.27. The third-order valence-corrected chi connectivity index (χ3v) is 4.07. The Balaban J connectivity index is 0.00000484. The highest BCUT2D eigenvalue weighted by atomic mass is 35.5. The molecule has 1 fully saturated rings. The molecular weight excluding hydrogens is 324 g/mol. The van der Waals surface area contributed by atoms with Crippen LogP contribution in [-0.4, -0.2) is 53.5 Å². The summed E-state index contributed by atoms with van der Waals surface area (Å²) in [6, 6.07) is -1.85. The molecule has 0 spiro atoms. The Labute approximate surface area is 143 Å². The van der Waals surface area contributed by atoms with E-state index in [4.69, 9.17) is 15.6 Å². The lowest BCUT2D eigenvalue weighted by atomic mass is 9.84. The summed E-state index contributed by atoms with van der Waals surface area (Å²) >= 11 is 0. The second kappa shape index (κ2) is 11.6. The molecule has 5 N–H and O–H groups in total. The number of aliphatic hydroxyl groups is 2. The Kier molecular flexibility index (Phi) is 11.2. The van der Waals surface area contributed by atoms with Crippen molar-refractivity contribution in [3.8, 4) is 0 Å². The van der Waals surface area contributed by atoms with Crippen LogP contribution in [-0.2, 0) is 14.3 Å². The van der Waals surface area contributed by atoms with Gasteiger partial charge in [-0.2, -0.15) is 0 Å². The molecule has 0 aromatic heterocycles. The SMILES string of the molecule is CCOC(=O)C(CO)NC(=O)C(O)[C@H](N)CC1CCCCC1.Cl. The van der Waals surface area contributed by atoms with Crippen LogP contribution < -0.4 is 11.1 Å². The summed E-state index contributed by atoms with van der Waals surface area (Å²) in [6.07, 6.45) is 4.88. The fourth-order valence-corrected chi connectivity index (χ4v) is 2.81. The van der Waals surface area contributed by atoms with Gasteiger partial charge in [0.2, 0.25) is 0 Å². The molecule has 7 nitrogen and oxygen atoms in total. The number of carbonyl (C=O) groups is 2. The first-order valence-corrected chi connectivity index (χ1v) is 8.01. The van der Waals surface area contributed by atoms with Crippen LogP contribution in [0.1, 0.15) is 45.4 Å². The Hall–Kier alpha value is -0.890. The number of amides is 1. The van der Waals surface area contributed by atoms with Gasteiger partial charge in [-0.3, -0.25) is 4.79 Å². The molecule has 1 aliphatic rings. The molecule has 1 saturated carbocycles. The monoisotopic (exact) mass is 352 g/mol. The molecule has 23 heavy (non-hydrogen) atoms. The topological polar surface area (TPSA) is 122 Å². The molecule has 1 aliphatic carbocycles. The summed E-state index contributed by atoms with van der Waals surface area (Å²) in [6.45, 7) is 1.19. The molecule has 0 aromatic rings. The zero-order valence-electron chi connectivity index (χ0n) is 13.6. The third-order valence-electron chi connectivity index (χ3n) is 4.07. The molecule has 0 saturated heterocycles. The summed E-state index contributed by atoms with van der Waals surface area (Å²) in [5.74, 6) is -1.05. The minimum Gasteiger partial charge on any atom is -0.464 e. The zero-order chi connectivity index (χ0) is 16.5. The minimum absolute atomic E-state index is 0. The van der Waals surface area contributed by atoms with Gasteiger partial charge in [-0.25, -0.2) is 4.79 Å². The van der Waals surface area contributed by atoms with Gasteiger partial charge in [-0.05, 0) is 19.3 Å². The van der Waals surface area contributed by atoms with Gasteiger partial charge in [0.25, 0.3) is 5.91 Å². The van der Waals surface area contributed by atoms with Gasteiger partial charge in [0.05, 0.1) is 13.2 Å². The van der Waals surface area contributed by atoms with E-state index in [1.807, 2.05) is 0 Å². The van der Waals surface area contributed by atoms with Crippen molar-refractivity contribution in [1.82, 2.24) is 5.32 Å². The second-order valence-electron chi connectivity index (χ2n) is 5.84. The quantitative estimate of drug-likeness (QED) is 0.460. The third kappa shape index (κ3) is 7.48. The number of hydrogen-bond donors (Lipinski definition) is 4. The largest absolute Gasteiger partial charge is 0.464 e. The van der Waals surface area contributed by atoms with E-state index in [0.717, 1.165) is 25.7 Å². The number of aliphatic hydroxyl groups excluding tert-OH is 2. The minimum atomic E-state index is -1.40. The summed E-state index contributed by atoms with van der Waals surface area (Å²) in [5, 5.41) is 21.4. The molecule has 8 heteroatoms. The Morgan fingerprint density at radius 3 is 2.43 bits per heavy atom. The van der Waals surface area contributed by atoms with Crippen molar-refractivity contribution >= 4 is 24.3 Å². The Morgan fingerprint density at radius 1 is 1.30 bits per heavy atom. The number of rotatable bonds is 8. The first-order valence-electron chi connectivity index (χ1n) is 8.01. The lowest BCUT2D eigenvalue weighted by molar-refractivity contribution is -0.149. The van der Waals surface area contributed by atoms with Crippen molar-refractivity contribution < 1.29 is 24.5 Å². The molecule has 0 radical (unpaired) electrons. The van der Waals surface area contributed by atoms with Crippen LogP contribution in [0.15, 0.2) is 0 Å². The summed E-state index contributed by atoms with van der Waals surface area (Å²) in [7, 11) is 0. The number of carbonyl (C=O) groups excluding carboxylic acids is 2. The van der Waals surface area contributed by atoms with Crippen molar-refractivity contribution in [1.29, 1.82) is 0 Å². The van der Waals surface area contributed by atoms with E-state index < -0.39 is 36.7 Å². The van der Waals surface area contributed by atoms with Crippen molar-refractivity contribution in [2.45, 2.75) is 63.6 Å². The number of esters is 1. The van der Waals surface area contributed by atoms with Gasteiger partial charge < -0.3 is 26.0 Å². The Bertz CT molecular complexity index is 364. The lowest BCUT2D eigenvalue weighted by Crippen LogP contribution is -2.53. The molecule has 0 bridgehead atoms. The van der Waals surface area contributed by atoms with E-state index in [1.165, 1.54) is 6.42 Å². The van der Waals surface area contributed by atoms with Crippen molar-refractivity contribution in [3.63, 3.8) is 0 Å². The van der Waals surface area contributed by atoms with Crippen molar-refractivity contribution in [2.24, 2.45) is 11.7 Å². The molecule has 2 unspecified atom stereocenters. The van der Waals surface area contributed by atoms with Crippen LogP contribution in [0.4, 0.5) is 0 Å². The highest BCUT2D eigenvalue weighted by Crippen LogP contribution is 2.27. The number of nitrogens with two attached hydrogens (primary N) is 1. The number of halogens is 1. The molecule has 3 atom stereocenters. The van der Waals surface area contributed by atoms with Gasteiger partial charge in [0.1, 0.15) is 6.10 Å². The fourth-order valence-electron chi connectivity index (χ4n) is 2.81. The van der Waals surface area contributed by atoms with Crippen LogP contribution in [0, 0.1) is 5.92 Å². The van der Waals surface area contributed by atoms with Gasteiger partial charge >= 0.3 is 5.97 Å². The smallest absolute Gasteiger partial charge is 0.331 e. The summed E-state index contributed by atoms with van der Waals surface area (Å²) in [4.78, 5) is 23.5. The average Bonchev–Trinajstić information content (AvgIpc) is 2.52. The summed E-state index contributed by atoms with van der Waals surface area (Å²) in [5.41, 5.74) is 5.91. The van der Waals surface area contributed by atoms with E-state index in [-0.39, 0.29) is 19.0 Å². The number of ether oxygens (including phenoxy) is 1. The maximum Gasteiger partial charge on any atom is 0.331 e. The number of hydrogen-bond acceptors (Lipinski definition) is 6. The predicted molar refractivity (Wildman–Crippen MR) is 88.1 cm³/mol. The zero-order valence-corrected chi connectivity index (χ0v) is 14.4. The Morgan fingerprint density at radius 2 is 1.91 bits per heavy atom.